The molecule has 0 aromatic carbocycles. The molecular formula is C12H20N2O3. The van der Waals surface area contributed by atoms with E-state index < -0.39 is 11.9 Å². The maximum absolute atomic E-state index is 12.3. The molecule has 1 saturated heterocycles. The van der Waals surface area contributed by atoms with Gasteiger partial charge in [0.1, 0.15) is 0 Å². The van der Waals surface area contributed by atoms with Crippen molar-refractivity contribution < 1.29 is 14.7 Å². The monoisotopic (exact) mass is 240 g/mol. The molecule has 0 aromatic rings. The van der Waals surface area contributed by atoms with Crippen molar-refractivity contribution in [1.82, 2.24) is 10.2 Å². The Hall–Kier alpha value is -1.10. The quantitative estimate of drug-likeness (QED) is 0.729. The first-order chi connectivity index (χ1) is 8.20. The maximum Gasteiger partial charge on any atom is 0.307 e. The number of carbonyl (C=O) groups is 2. The van der Waals surface area contributed by atoms with Gasteiger partial charge in [0.25, 0.3) is 0 Å². The van der Waals surface area contributed by atoms with E-state index in [1.807, 2.05) is 4.90 Å². The first kappa shape index (κ1) is 12.4. The third kappa shape index (κ3) is 2.77. The zero-order valence-electron chi connectivity index (χ0n) is 10.0. The Morgan fingerprint density at radius 2 is 1.65 bits per heavy atom. The molecule has 1 aliphatic heterocycles. The predicted molar refractivity (Wildman–Crippen MR) is 62.5 cm³/mol. The summed E-state index contributed by atoms with van der Waals surface area (Å²) in [6, 6.07) is 0. The van der Waals surface area contributed by atoms with Crippen molar-refractivity contribution in [1.29, 1.82) is 0 Å². The number of aliphatic carboxylic acids is 1. The van der Waals surface area contributed by atoms with E-state index in [1.165, 1.54) is 0 Å². The molecule has 2 aliphatic rings. The number of amides is 1. The van der Waals surface area contributed by atoms with Crippen molar-refractivity contribution in [3.8, 4) is 0 Å². The highest BCUT2D eigenvalue weighted by atomic mass is 16.4. The second-order valence-electron chi connectivity index (χ2n) is 4.91. The number of hydrogen-bond donors (Lipinski definition) is 2. The minimum atomic E-state index is -0.807. The minimum Gasteiger partial charge on any atom is -0.481 e. The Bertz CT molecular complexity index is 300. The summed E-state index contributed by atoms with van der Waals surface area (Å²) in [5.74, 6) is -1.51. The van der Waals surface area contributed by atoms with Crippen LogP contribution in [0.25, 0.3) is 0 Å². The zero-order valence-corrected chi connectivity index (χ0v) is 10.0. The Kier molecular flexibility index (Phi) is 3.99. The number of carbonyl (C=O) groups excluding carboxylic acids is 1. The summed E-state index contributed by atoms with van der Waals surface area (Å²) in [5.41, 5.74) is 0. The van der Waals surface area contributed by atoms with E-state index >= 15 is 0 Å². The van der Waals surface area contributed by atoms with Crippen molar-refractivity contribution in [2.75, 3.05) is 26.2 Å². The smallest absolute Gasteiger partial charge is 0.307 e. The van der Waals surface area contributed by atoms with E-state index in [1.54, 1.807) is 0 Å². The third-order valence-electron chi connectivity index (χ3n) is 3.83. The van der Waals surface area contributed by atoms with Crippen LogP contribution in [0.4, 0.5) is 0 Å². The fourth-order valence-electron chi connectivity index (χ4n) is 2.84. The summed E-state index contributed by atoms with van der Waals surface area (Å²) in [7, 11) is 0. The lowest BCUT2D eigenvalue weighted by Gasteiger charge is -2.34. The topological polar surface area (TPSA) is 69.6 Å². The molecule has 1 aliphatic carbocycles. The molecule has 0 spiro atoms. The standard InChI is InChI=1S/C12H20N2O3/c15-11(14-7-5-13-6-8-14)9-3-1-2-4-10(9)12(16)17/h9-10,13H,1-8H2,(H,16,17). The molecule has 5 heteroatoms. The summed E-state index contributed by atoms with van der Waals surface area (Å²) in [4.78, 5) is 25.3. The van der Waals surface area contributed by atoms with Crippen molar-refractivity contribution in [3.05, 3.63) is 0 Å². The van der Waals surface area contributed by atoms with Gasteiger partial charge in [0.05, 0.1) is 11.8 Å². The van der Waals surface area contributed by atoms with Crippen molar-refractivity contribution >= 4 is 11.9 Å². The molecule has 2 rings (SSSR count). The number of nitrogens with one attached hydrogen (secondary N) is 1. The highest BCUT2D eigenvalue weighted by molar-refractivity contribution is 5.85. The molecule has 0 aromatic heterocycles. The predicted octanol–water partition coefficient (Wildman–Crippen LogP) is 0.309. The number of carboxylic acid groups (broad SMARTS) is 1. The molecule has 1 saturated carbocycles. The highest BCUT2D eigenvalue weighted by Crippen LogP contribution is 2.31. The first-order valence-corrected chi connectivity index (χ1v) is 6.42. The Balaban J connectivity index is 2.02. The zero-order chi connectivity index (χ0) is 12.3. The van der Waals surface area contributed by atoms with E-state index in [2.05, 4.69) is 5.32 Å². The molecule has 2 atom stereocenters. The molecule has 5 nitrogen and oxygen atoms in total. The Morgan fingerprint density at radius 1 is 1.06 bits per heavy atom. The largest absolute Gasteiger partial charge is 0.481 e. The van der Waals surface area contributed by atoms with Crippen LogP contribution in [0.1, 0.15) is 25.7 Å². The van der Waals surface area contributed by atoms with Gasteiger partial charge in [-0.15, -0.1) is 0 Å². The Labute approximate surface area is 101 Å². The van der Waals surface area contributed by atoms with Gasteiger partial charge in [0, 0.05) is 26.2 Å². The molecule has 2 unspecified atom stereocenters. The second-order valence-corrected chi connectivity index (χ2v) is 4.91. The van der Waals surface area contributed by atoms with E-state index in [9.17, 15) is 14.7 Å². The molecule has 0 bridgehead atoms. The third-order valence-corrected chi connectivity index (χ3v) is 3.83. The number of rotatable bonds is 2. The van der Waals surface area contributed by atoms with Crippen LogP contribution in [-0.4, -0.2) is 48.1 Å². The van der Waals surface area contributed by atoms with Gasteiger partial charge in [-0.05, 0) is 12.8 Å². The van der Waals surface area contributed by atoms with Gasteiger partial charge < -0.3 is 15.3 Å². The van der Waals surface area contributed by atoms with Gasteiger partial charge in [-0.3, -0.25) is 9.59 Å². The van der Waals surface area contributed by atoms with Crippen LogP contribution < -0.4 is 5.32 Å². The Morgan fingerprint density at radius 3 is 2.24 bits per heavy atom. The van der Waals surface area contributed by atoms with Crippen LogP contribution >= 0.6 is 0 Å². The van der Waals surface area contributed by atoms with Crippen LogP contribution in [0.2, 0.25) is 0 Å². The summed E-state index contributed by atoms with van der Waals surface area (Å²) >= 11 is 0. The molecule has 96 valence electrons. The number of piperazine rings is 1. The normalized spacial score (nSPS) is 30.0. The fraction of sp³-hybridized carbons (Fsp3) is 0.833. The van der Waals surface area contributed by atoms with Crippen LogP contribution in [0.3, 0.4) is 0 Å². The van der Waals surface area contributed by atoms with E-state index in [4.69, 9.17) is 0 Å². The molecule has 17 heavy (non-hydrogen) atoms. The highest BCUT2D eigenvalue weighted by Gasteiger charge is 2.37. The van der Waals surface area contributed by atoms with E-state index in [-0.39, 0.29) is 11.8 Å². The van der Waals surface area contributed by atoms with Gasteiger partial charge in [-0.2, -0.15) is 0 Å². The lowest BCUT2D eigenvalue weighted by molar-refractivity contribution is -0.152. The fourth-order valence-corrected chi connectivity index (χ4v) is 2.84. The van der Waals surface area contributed by atoms with Crippen LogP contribution in [0.15, 0.2) is 0 Å². The van der Waals surface area contributed by atoms with Gasteiger partial charge >= 0.3 is 5.97 Å². The number of hydrogen-bond acceptors (Lipinski definition) is 3. The molecule has 1 heterocycles. The van der Waals surface area contributed by atoms with Crippen LogP contribution in [0, 0.1) is 11.8 Å². The van der Waals surface area contributed by atoms with Crippen molar-refractivity contribution in [2.45, 2.75) is 25.7 Å². The number of carboxylic acids is 1. The molecule has 2 N–H and O–H groups in total. The molecular weight excluding hydrogens is 220 g/mol. The lowest BCUT2D eigenvalue weighted by Crippen LogP contribution is -2.50. The summed E-state index contributed by atoms with van der Waals surface area (Å²) in [5, 5.41) is 12.4. The summed E-state index contributed by atoms with van der Waals surface area (Å²) in [6.07, 6.45) is 3.30. The van der Waals surface area contributed by atoms with Gasteiger partial charge in [-0.25, -0.2) is 0 Å². The van der Waals surface area contributed by atoms with Gasteiger partial charge in [0.15, 0.2) is 0 Å². The van der Waals surface area contributed by atoms with Gasteiger partial charge in [0.2, 0.25) is 5.91 Å². The average Bonchev–Trinajstić information content (AvgIpc) is 2.39. The van der Waals surface area contributed by atoms with Crippen molar-refractivity contribution in [2.24, 2.45) is 11.8 Å². The maximum atomic E-state index is 12.3. The minimum absolute atomic E-state index is 0.0543. The van der Waals surface area contributed by atoms with Crippen LogP contribution in [0.5, 0.6) is 0 Å². The summed E-state index contributed by atoms with van der Waals surface area (Å²) in [6.45, 7) is 3.05. The number of nitrogens with zero attached hydrogens (tertiary/aromatic N) is 1. The van der Waals surface area contributed by atoms with E-state index in [0.717, 1.165) is 32.4 Å². The lowest BCUT2D eigenvalue weighted by atomic mass is 9.78. The van der Waals surface area contributed by atoms with Crippen LogP contribution in [-0.2, 0) is 9.59 Å². The molecule has 0 radical (unpaired) electrons. The summed E-state index contributed by atoms with van der Waals surface area (Å²) < 4.78 is 0. The first-order valence-electron chi connectivity index (χ1n) is 6.42. The molecule has 1 amide bonds. The second kappa shape index (κ2) is 5.49. The average molecular weight is 240 g/mol. The van der Waals surface area contributed by atoms with E-state index in [0.29, 0.717) is 19.5 Å². The molecule has 2 fully saturated rings. The SMILES string of the molecule is O=C(O)C1CCCCC1C(=O)N1CCNCC1. The van der Waals surface area contributed by atoms with Gasteiger partial charge in [-0.1, -0.05) is 12.8 Å². The van der Waals surface area contributed by atoms with Crippen molar-refractivity contribution in [3.63, 3.8) is 0 Å².